The third-order valence-corrected chi connectivity index (χ3v) is 5.05. The largest absolute Gasteiger partial charge is 0.478 e. The zero-order chi connectivity index (χ0) is 17.4. The van der Waals surface area contributed by atoms with E-state index in [-0.39, 0.29) is 5.60 Å². The van der Waals surface area contributed by atoms with Crippen LogP contribution in [-0.2, 0) is 0 Å². The van der Waals surface area contributed by atoms with E-state index in [0.29, 0.717) is 5.92 Å². The van der Waals surface area contributed by atoms with E-state index in [1.54, 1.807) is 0 Å². The highest BCUT2D eigenvalue weighted by Crippen LogP contribution is 2.63. The molecule has 0 N–H and O–H groups in total. The number of ether oxygens (including phenoxy) is 1. The lowest BCUT2D eigenvalue weighted by Crippen LogP contribution is -2.39. The molecule has 0 radical (unpaired) electrons. The van der Waals surface area contributed by atoms with Gasteiger partial charge in [-0.05, 0) is 37.3 Å². The first kappa shape index (κ1) is 16.0. The van der Waals surface area contributed by atoms with Crippen LogP contribution in [0.1, 0.15) is 33.6 Å². The SMILES string of the molecule is CC1=CC=C2N(c3ccccc3)c3ccccc3OC23CC13.CCC. The molecular formula is C23H25NO. The van der Waals surface area contributed by atoms with Crippen LogP contribution in [0.2, 0.25) is 0 Å². The number of hydrogen-bond acceptors (Lipinski definition) is 2. The lowest BCUT2D eigenvalue weighted by molar-refractivity contribution is 0.191. The number of rotatable bonds is 1. The molecular weight excluding hydrogens is 306 g/mol. The van der Waals surface area contributed by atoms with E-state index < -0.39 is 0 Å². The normalized spacial score (nSPS) is 25.1. The van der Waals surface area contributed by atoms with Crippen LogP contribution in [0.15, 0.2) is 78.0 Å². The highest BCUT2D eigenvalue weighted by atomic mass is 16.5. The van der Waals surface area contributed by atoms with Gasteiger partial charge in [0.2, 0.25) is 0 Å². The molecule has 2 unspecified atom stereocenters. The second kappa shape index (κ2) is 6.11. The predicted octanol–water partition coefficient (Wildman–Crippen LogP) is 6.24. The van der Waals surface area contributed by atoms with Crippen molar-refractivity contribution in [2.75, 3.05) is 4.90 Å². The average molecular weight is 331 g/mol. The number of hydrogen-bond donors (Lipinski definition) is 0. The highest BCUT2D eigenvalue weighted by Gasteiger charge is 2.64. The van der Waals surface area contributed by atoms with Crippen LogP contribution in [0.5, 0.6) is 5.75 Å². The summed E-state index contributed by atoms with van der Waals surface area (Å²) in [5.41, 5.74) is 4.87. The number of para-hydroxylation sites is 3. The van der Waals surface area contributed by atoms with E-state index >= 15 is 0 Å². The molecule has 1 spiro atoms. The summed E-state index contributed by atoms with van der Waals surface area (Å²) in [6.07, 6.45) is 6.82. The minimum atomic E-state index is -0.150. The van der Waals surface area contributed by atoms with Gasteiger partial charge in [-0.3, -0.25) is 0 Å². The van der Waals surface area contributed by atoms with Gasteiger partial charge in [0.05, 0.1) is 11.4 Å². The summed E-state index contributed by atoms with van der Waals surface area (Å²) in [7, 11) is 0. The second-order valence-corrected chi connectivity index (χ2v) is 7.06. The van der Waals surface area contributed by atoms with E-state index in [2.05, 4.69) is 92.4 Å². The van der Waals surface area contributed by atoms with E-state index in [4.69, 9.17) is 4.74 Å². The van der Waals surface area contributed by atoms with Crippen molar-refractivity contribution in [1.82, 2.24) is 0 Å². The first-order chi connectivity index (χ1) is 12.2. The Balaban J connectivity index is 0.000000490. The third-order valence-electron chi connectivity index (χ3n) is 5.05. The maximum Gasteiger partial charge on any atom is 0.157 e. The van der Waals surface area contributed by atoms with Gasteiger partial charge >= 0.3 is 0 Å². The lowest BCUT2D eigenvalue weighted by Gasteiger charge is -2.41. The monoisotopic (exact) mass is 331 g/mol. The molecule has 2 nitrogen and oxygen atoms in total. The Morgan fingerprint density at radius 3 is 2.44 bits per heavy atom. The molecule has 1 aliphatic heterocycles. The molecule has 0 bridgehead atoms. The van der Waals surface area contributed by atoms with Crippen molar-refractivity contribution >= 4 is 11.4 Å². The smallest absolute Gasteiger partial charge is 0.157 e. The Labute approximate surface area is 150 Å². The average Bonchev–Trinajstić information content (AvgIpc) is 3.36. The van der Waals surface area contributed by atoms with E-state index in [1.165, 1.54) is 23.4 Å². The molecule has 2 atom stereocenters. The first-order valence-corrected chi connectivity index (χ1v) is 9.23. The molecule has 2 heteroatoms. The molecule has 128 valence electrons. The number of benzene rings is 2. The summed E-state index contributed by atoms with van der Waals surface area (Å²) in [6, 6.07) is 18.9. The predicted molar refractivity (Wildman–Crippen MR) is 104 cm³/mol. The summed E-state index contributed by atoms with van der Waals surface area (Å²) in [5, 5.41) is 0. The van der Waals surface area contributed by atoms with Crippen LogP contribution in [0.4, 0.5) is 11.4 Å². The fourth-order valence-corrected chi connectivity index (χ4v) is 3.86. The van der Waals surface area contributed by atoms with Gasteiger partial charge in [-0.15, -0.1) is 0 Å². The fourth-order valence-electron chi connectivity index (χ4n) is 3.86. The molecule has 0 aromatic heterocycles. The summed E-state index contributed by atoms with van der Waals surface area (Å²) >= 11 is 0. The molecule has 0 saturated heterocycles. The maximum absolute atomic E-state index is 6.47. The molecule has 3 aliphatic rings. The topological polar surface area (TPSA) is 12.5 Å². The molecule has 0 amide bonds. The molecule has 1 fully saturated rings. The van der Waals surface area contributed by atoms with Crippen LogP contribution in [-0.4, -0.2) is 5.60 Å². The second-order valence-electron chi connectivity index (χ2n) is 7.06. The lowest BCUT2D eigenvalue weighted by atomic mass is 9.97. The number of fused-ring (bicyclic) bond motifs is 1. The van der Waals surface area contributed by atoms with Gasteiger partial charge in [0, 0.05) is 18.0 Å². The highest BCUT2D eigenvalue weighted by molar-refractivity contribution is 5.78. The maximum atomic E-state index is 6.47. The Hall–Kier alpha value is -2.48. The van der Waals surface area contributed by atoms with E-state index in [1.807, 2.05) is 0 Å². The summed E-state index contributed by atoms with van der Waals surface area (Å²) in [6.45, 7) is 6.46. The Morgan fingerprint density at radius 1 is 1.00 bits per heavy atom. The van der Waals surface area contributed by atoms with Crippen molar-refractivity contribution in [2.45, 2.75) is 39.2 Å². The summed E-state index contributed by atoms with van der Waals surface area (Å²) < 4.78 is 6.47. The van der Waals surface area contributed by atoms with E-state index in [0.717, 1.165) is 17.9 Å². The molecule has 2 aromatic rings. The minimum absolute atomic E-state index is 0.150. The Kier molecular flexibility index (Phi) is 3.91. The van der Waals surface area contributed by atoms with Crippen LogP contribution in [0.25, 0.3) is 0 Å². The van der Waals surface area contributed by atoms with Gasteiger partial charge in [0.1, 0.15) is 5.75 Å². The van der Waals surface area contributed by atoms with Gasteiger partial charge in [0.25, 0.3) is 0 Å². The van der Waals surface area contributed by atoms with Gasteiger partial charge in [-0.25, -0.2) is 0 Å². The molecule has 2 aromatic carbocycles. The van der Waals surface area contributed by atoms with Crippen LogP contribution in [0.3, 0.4) is 0 Å². The Bertz CT molecular complexity index is 836. The van der Waals surface area contributed by atoms with Gasteiger partial charge in [-0.2, -0.15) is 0 Å². The zero-order valence-corrected chi connectivity index (χ0v) is 15.2. The van der Waals surface area contributed by atoms with Crippen molar-refractivity contribution in [3.8, 4) is 5.75 Å². The number of nitrogens with zero attached hydrogens (tertiary/aromatic N) is 1. The first-order valence-electron chi connectivity index (χ1n) is 9.23. The van der Waals surface area contributed by atoms with Gasteiger partial charge < -0.3 is 9.64 Å². The van der Waals surface area contributed by atoms with Gasteiger partial charge in [0.15, 0.2) is 5.60 Å². The van der Waals surface area contributed by atoms with Crippen LogP contribution < -0.4 is 9.64 Å². The molecule has 1 saturated carbocycles. The van der Waals surface area contributed by atoms with Crippen molar-refractivity contribution in [2.24, 2.45) is 5.92 Å². The molecule has 25 heavy (non-hydrogen) atoms. The van der Waals surface area contributed by atoms with Crippen LogP contribution in [0, 0.1) is 5.92 Å². The van der Waals surface area contributed by atoms with Gasteiger partial charge in [-0.1, -0.05) is 62.2 Å². The number of anilines is 2. The zero-order valence-electron chi connectivity index (χ0n) is 15.2. The summed E-state index contributed by atoms with van der Waals surface area (Å²) in [4.78, 5) is 2.36. The quantitative estimate of drug-likeness (QED) is 0.613. The molecule has 2 aliphatic carbocycles. The third kappa shape index (κ3) is 2.48. The fraction of sp³-hybridized carbons (Fsp3) is 0.304. The van der Waals surface area contributed by atoms with Crippen molar-refractivity contribution < 1.29 is 4.74 Å². The van der Waals surface area contributed by atoms with Crippen LogP contribution >= 0.6 is 0 Å². The van der Waals surface area contributed by atoms with Crippen molar-refractivity contribution in [1.29, 1.82) is 0 Å². The summed E-state index contributed by atoms with van der Waals surface area (Å²) in [5.74, 6) is 1.51. The standard InChI is InChI=1S/C20H17NO.C3H8/c1-14-11-12-19-20(13-16(14)20)22-18-10-6-5-9-17(18)21(19)15-7-3-2-4-8-15;1-3-2/h2-12,16H,13H2,1H3;3H2,1-2H3. The molecule has 1 heterocycles. The minimum Gasteiger partial charge on any atom is -0.478 e. The number of allylic oxidation sites excluding steroid dienone is 2. The van der Waals surface area contributed by atoms with Crippen molar-refractivity contribution in [3.63, 3.8) is 0 Å². The molecule has 5 rings (SSSR count). The Morgan fingerprint density at radius 2 is 1.68 bits per heavy atom. The van der Waals surface area contributed by atoms with Crippen molar-refractivity contribution in [3.05, 3.63) is 78.0 Å². The van der Waals surface area contributed by atoms with E-state index in [9.17, 15) is 0 Å².